The number of hydrogen-bond donors (Lipinski definition) is 1. The van der Waals surface area contributed by atoms with Crippen LogP contribution in [0.15, 0.2) is 17.6 Å². The number of carbonyl (C=O) groups excluding carboxylic acids is 1. The summed E-state index contributed by atoms with van der Waals surface area (Å²) in [6, 6.07) is 1.98. The predicted molar refractivity (Wildman–Crippen MR) is 78.1 cm³/mol. The van der Waals surface area contributed by atoms with Crippen molar-refractivity contribution in [2.75, 3.05) is 6.54 Å². The van der Waals surface area contributed by atoms with Crippen LogP contribution in [-0.4, -0.2) is 38.3 Å². The molecule has 2 aromatic rings. The number of rotatable bonds is 3. The topological polar surface area (TPSA) is 61.9 Å². The third kappa shape index (κ3) is 2.45. The lowest BCUT2D eigenvalue weighted by molar-refractivity contribution is 0.0619. The van der Waals surface area contributed by atoms with Gasteiger partial charge in [0.1, 0.15) is 0 Å². The molecule has 1 N–H and O–H groups in total. The Balaban J connectivity index is 1.82. The Morgan fingerprint density at radius 1 is 1.65 bits per heavy atom. The highest BCUT2D eigenvalue weighted by molar-refractivity contribution is 7.10. The summed E-state index contributed by atoms with van der Waals surface area (Å²) in [6.45, 7) is 2.90. The molecule has 2 aromatic heterocycles. The van der Waals surface area contributed by atoms with E-state index in [1.165, 1.54) is 11.1 Å². The van der Waals surface area contributed by atoms with Crippen LogP contribution >= 0.6 is 22.9 Å². The molecule has 3 rings (SSSR count). The van der Waals surface area contributed by atoms with E-state index in [2.05, 4.69) is 22.3 Å². The molecular weight excluding hydrogens is 296 g/mol. The molecule has 106 valence electrons. The van der Waals surface area contributed by atoms with Crippen LogP contribution in [0.5, 0.6) is 0 Å². The minimum Gasteiger partial charge on any atom is -0.331 e. The maximum atomic E-state index is 12.5. The predicted octanol–water partition coefficient (Wildman–Crippen LogP) is 2.76. The van der Waals surface area contributed by atoms with Crippen LogP contribution in [-0.2, 0) is 6.42 Å². The van der Waals surface area contributed by atoms with E-state index in [0.29, 0.717) is 5.69 Å². The Hall–Kier alpha value is -1.40. The van der Waals surface area contributed by atoms with Crippen LogP contribution in [0.25, 0.3) is 0 Å². The van der Waals surface area contributed by atoms with Crippen molar-refractivity contribution >= 4 is 28.8 Å². The van der Waals surface area contributed by atoms with Crippen molar-refractivity contribution < 1.29 is 4.79 Å². The zero-order valence-electron chi connectivity index (χ0n) is 11.1. The van der Waals surface area contributed by atoms with Crippen LogP contribution in [0.3, 0.4) is 0 Å². The second kappa shape index (κ2) is 5.18. The van der Waals surface area contributed by atoms with Crippen LogP contribution in [0.2, 0.25) is 5.02 Å². The van der Waals surface area contributed by atoms with E-state index in [0.717, 1.165) is 30.8 Å². The molecule has 0 bridgehead atoms. The minimum absolute atomic E-state index is 0.0543. The van der Waals surface area contributed by atoms with Gasteiger partial charge in [0, 0.05) is 28.8 Å². The number of halogens is 1. The van der Waals surface area contributed by atoms with E-state index in [1.807, 2.05) is 16.3 Å². The summed E-state index contributed by atoms with van der Waals surface area (Å²) in [7, 11) is 0. The third-order valence-electron chi connectivity index (χ3n) is 3.80. The van der Waals surface area contributed by atoms with Gasteiger partial charge in [0.2, 0.25) is 0 Å². The number of likely N-dealkylation sites (tertiary alicyclic amines) is 1. The number of amides is 1. The maximum absolute atomic E-state index is 12.5. The van der Waals surface area contributed by atoms with E-state index in [-0.39, 0.29) is 11.4 Å². The fourth-order valence-corrected chi connectivity index (χ4v) is 4.07. The van der Waals surface area contributed by atoms with Gasteiger partial charge in [0.25, 0.3) is 5.91 Å². The summed E-state index contributed by atoms with van der Waals surface area (Å²) < 4.78 is 0. The van der Waals surface area contributed by atoms with E-state index in [4.69, 9.17) is 11.6 Å². The molecule has 5 nitrogen and oxygen atoms in total. The number of nitrogens with one attached hydrogen (secondary N) is 1. The van der Waals surface area contributed by atoms with Gasteiger partial charge in [-0.15, -0.1) is 11.3 Å². The highest BCUT2D eigenvalue weighted by Crippen LogP contribution is 2.35. The Bertz CT molecular complexity index is 612. The van der Waals surface area contributed by atoms with Gasteiger partial charge in [-0.1, -0.05) is 11.6 Å². The first kappa shape index (κ1) is 13.6. The van der Waals surface area contributed by atoms with Crippen LogP contribution < -0.4 is 0 Å². The number of hydrogen-bond acceptors (Lipinski definition) is 4. The normalized spacial score (nSPS) is 22.4. The summed E-state index contributed by atoms with van der Waals surface area (Å²) in [6.07, 6.45) is 4.31. The molecule has 0 radical (unpaired) electrons. The van der Waals surface area contributed by atoms with Crippen molar-refractivity contribution in [3.05, 3.63) is 33.2 Å². The Kier molecular flexibility index (Phi) is 3.52. The monoisotopic (exact) mass is 310 g/mol. The number of nitrogens with zero attached hydrogens (tertiary/aromatic N) is 3. The molecule has 0 spiro atoms. The Morgan fingerprint density at radius 2 is 2.50 bits per heavy atom. The summed E-state index contributed by atoms with van der Waals surface area (Å²) in [5.74, 6) is -0.0543. The number of H-pyrrole nitrogens is 1. The quantitative estimate of drug-likeness (QED) is 0.948. The van der Waals surface area contributed by atoms with Crippen molar-refractivity contribution in [3.63, 3.8) is 0 Å². The van der Waals surface area contributed by atoms with Crippen molar-refractivity contribution in [3.8, 4) is 0 Å². The molecule has 1 atom stereocenters. The van der Waals surface area contributed by atoms with Gasteiger partial charge in [0.15, 0.2) is 5.69 Å². The highest BCUT2D eigenvalue weighted by atomic mass is 35.5. The molecule has 0 aromatic carbocycles. The Labute approximate surface area is 125 Å². The standard InChI is InChI=1S/C13H15ClN4OS/c1-13(6-10-5-9(14)8-20-10)3-2-4-18(13)12(19)11-7-15-17-16-11/h5,7-8H,2-4,6H2,1H3,(H,15,16,17). The molecule has 1 fully saturated rings. The van der Waals surface area contributed by atoms with E-state index in [9.17, 15) is 4.79 Å². The van der Waals surface area contributed by atoms with Crippen molar-refractivity contribution in [2.45, 2.75) is 31.7 Å². The average molecular weight is 311 g/mol. The van der Waals surface area contributed by atoms with Gasteiger partial charge in [-0.2, -0.15) is 15.4 Å². The second-order valence-corrected chi connectivity index (χ2v) is 6.75. The maximum Gasteiger partial charge on any atom is 0.276 e. The first-order valence-electron chi connectivity index (χ1n) is 6.49. The average Bonchev–Trinajstić information content (AvgIpc) is 3.10. The lowest BCUT2D eigenvalue weighted by Crippen LogP contribution is -2.46. The van der Waals surface area contributed by atoms with Gasteiger partial charge in [-0.25, -0.2) is 0 Å². The molecule has 1 saturated heterocycles. The number of thiophene rings is 1. The zero-order chi connectivity index (χ0) is 14.2. The number of aromatic nitrogens is 3. The molecule has 1 aliphatic rings. The van der Waals surface area contributed by atoms with Crippen molar-refractivity contribution in [1.29, 1.82) is 0 Å². The molecule has 20 heavy (non-hydrogen) atoms. The number of aromatic amines is 1. The summed E-state index contributed by atoms with van der Waals surface area (Å²) in [5, 5.41) is 12.8. The molecule has 1 aliphatic heterocycles. The summed E-state index contributed by atoms with van der Waals surface area (Å²) in [4.78, 5) is 15.6. The Morgan fingerprint density at radius 3 is 3.15 bits per heavy atom. The van der Waals surface area contributed by atoms with Crippen molar-refractivity contribution in [2.24, 2.45) is 0 Å². The zero-order valence-corrected chi connectivity index (χ0v) is 12.7. The largest absolute Gasteiger partial charge is 0.331 e. The highest BCUT2D eigenvalue weighted by Gasteiger charge is 2.40. The molecule has 0 aliphatic carbocycles. The molecule has 1 unspecified atom stereocenters. The summed E-state index contributed by atoms with van der Waals surface area (Å²) >= 11 is 7.62. The smallest absolute Gasteiger partial charge is 0.276 e. The van der Waals surface area contributed by atoms with Crippen molar-refractivity contribution in [1.82, 2.24) is 20.3 Å². The molecular formula is C13H15ClN4OS. The third-order valence-corrected chi connectivity index (χ3v) is 5.09. The fraction of sp³-hybridized carbons (Fsp3) is 0.462. The second-order valence-electron chi connectivity index (χ2n) is 5.32. The fourth-order valence-electron chi connectivity index (χ4n) is 2.82. The van der Waals surface area contributed by atoms with E-state index in [1.54, 1.807) is 11.3 Å². The van der Waals surface area contributed by atoms with E-state index >= 15 is 0 Å². The lowest BCUT2D eigenvalue weighted by atomic mass is 9.93. The first-order valence-corrected chi connectivity index (χ1v) is 7.75. The number of carbonyl (C=O) groups is 1. The van der Waals surface area contributed by atoms with Crippen LogP contribution in [0.4, 0.5) is 0 Å². The van der Waals surface area contributed by atoms with Gasteiger partial charge in [-0.3, -0.25) is 4.79 Å². The van der Waals surface area contributed by atoms with Crippen LogP contribution in [0.1, 0.15) is 35.1 Å². The van der Waals surface area contributed by atoms with Gasteiger partial charge < -0.3 is 4.90 Å². The van der Waals surface area contributed by atoms with Gasteiger partial charge in [-0.05, 0) is 25.8 Å². The van der Waals surface area contributed by atoms with Crippen LogP contribution in [0, 0.1) is 0 Å². The molecule has 1 amide bonds. The van der Waals surface area contributed by atoms with E-state index < -0.39 is 0 Å². The minimum atomic E-state index is -0.176. The summed E-state index contributed by atoms with van der Waals surface area (Å²) in [5.41, 5.74) is 0.201. The molecule has 3 heterocycles. The SMILES string of the molecule is CC1(Cc2cc(Cl)cs2)CCCN1C(=O)c1cn[nH]n1. The molecule has 7 heteroatoms. The molecule has 0 saturated carbocycles. The first-order chi connectivity index (χ1) is 9.58. The van der Waals surface area contributed by atoms with Gasteiger partial charge in [0.05, 0.1) is 11.2 Å². The van der Waals surface area contributed by atoms with Gasteiger partial charge >= 0.3 is 0 Å². The lowest BCUT2D eigenvalue weighted by Gasteiger charge is -2.34.